The molecule has 7 heteroatoms. The maximum Gasteiger partial charge on any atom is 0.191 e. The topological polar surface area (TPSA) is 63.1 Å². The van der Waals surface area contributed by atoms with Gasteiger partial charge in [0.2, 0.25) is 0 Å². The van der Waals surface area contributed by atoms with E-state index in [0.29, 0.717) is 12.6 Å². The fourth-order valence-electron chi connectivity index (χ4n) is 3.18. The summed E-state index contributed by atoms with van der Waals surface area (Å²) >= 11 is 0. The Balaban J connectivity index is 0.00000364. The maximum absolute atomic E-state index is 9.72. The Kier molecular flexibility index (Phi) is 11.9. The summed E-state index contributed by atoms with van der Waals surface area (Å²) in [5, 5.41) is 16.4. The van der Waals surface area contributed by atoms with Crippen molar-refractivity contribution in [1.82, 2.24) is 20.4 Å². The minimum absolute atomic E-state index is 0. The highest BCUT2D eigenvalue weighted by atomic mass is 127. The van der Waals surface area contributed by atoms with Gasteiger partial charge in [0, 0.05) is 51.2 Å². The lowest BCUT2D eigenvalue weighted by Gasteiger charge is -2.35. The van der Waals surface area contributed by atoms with Gasteiger partial charge in [0.05, 0.1) is 13.2 Å². The minimum atomic E-state index is 0. The first-order valence-electron chi connectivity index (χ1n) is 9.74. The summed E-state index contributed by atoms with van der Waals surface area (Å²) in [4.78, 5) is 9.64. The molecule has 0 spiro atoms. The van der Waals surface area contributed by atoms with Crippen molar-refractivity contribution in [2.24, 2.45) is 4.99 Å². The minimum Gasteiger partial charge on any atom is -0.396 e. The van der Waals surface area contributed by atoms with E-state index in [1.807, 2.05) is 18.2 Å². The molecule has 0 amide bonds. The van der Waals surface area contributed by atoms with Crippen molar-refractivity contribution in [2.45, 2.75) is 25.8 Å². The molecule has 0 aromatic heterocycles. The molecule has 0 radical (unpaired) electrons. The number of hydrogen-bond acceptors (Lipinski definition) is 4. The Morgan fingerprint density at radius 3 is 2.41 bits per heavy atom. The summed E-state index contributed by atoms with van der Waals surface area (Å²) in [6, 6.07) is 10.6. The molecule has 2 unspecified atom stereocenters. The van der Waals surface area contributed by atoms with Crippen LogP contribution >= 0.6 is 24.0 Å². The molecule has 154 valence electrons. The van der Waals surface area contributed by atoms with Gasteiger partial charge in [-0.3, -0.25) is 9.89 Å². The summed E-state index contributed by atoms with van der Waals surface area (Å²) in [5.74, 6) is 0.887. The average molecular weight is 489 g/mol. The van der Waals surface area contributed by atoms with Gasteiger partial charge < -0.3 is 20.6 Å². The van der Waals surface area contributed by atoms with Crippen molar-refractivity contribution in [2.75, 3.05) is 59.5 Å². The molecule has 1 aliphatic heterocycles. The summed E-state index contributed by atoms with van der Waals surface area (Å²) in [5.41, 5.74) is 1.14. The summed E-state index contributed by atoms with van der Waals surface area (Å²) in [6.45, 7) is 11.2. The van der Waals surface area contributed by atoms with Gasteiger partial charge in [-0.15, -0.1) is 24.0 Å². The van der Waals surface area contributed by atoms with Crippen LogP contribution in [0, 0.1) is 0 Å². The molecule has 2 rings (SSSR count). The number of rotatable bonds is 8. The number of aliphatic hydroxyl groups excluding tert-OH is 1. The Bertz CT molecular complexity index is 534. The fraction of sp³-hybridized carbons (Fsp3) is 0.650. The summed E-state index contributed by atoms with van der Waals surface area (Å²) < 4.78 is 0. The summed E-state index contributed by atoms with van der Waals surface area (Å²) in [7, 11) is 2.18. The van der Waals surface area contributed by atoms with Gasteiger partial charge in [0.1, 0.15) is 0 Å². The van der Waals surface area contributed by atoms with Crippen LogP contribution in [-0.4, -0.2) is 86.4 Å². The first-order valence-corrected chi connectivity index (χ1v) is 9.74. The Labute approximate surface area is 181 Å². The molecule has 0 bridgehead atoms. The molecular weight excluding hydrogens is 453 g/mol. The predicted molar refractivity (Wildman–Crippen MR) is 124 cm³/mol. The van der Waals surface area contributed by atoms with Gasteiger partial charge in [0.25, 0.3) is 0 Å². The molecule has 1 heterocycles. The molecule has 27 heavy (non-hydrogen) atoms. The van der Waals surface area contributed by atoms with Gasteiger partial charge in [-0.05, 0) is 26.5 Å². The van der Waals surface area contributed by atoms with Gasteiger partial charge in [-0.2, -0.15) is 0 Å². The smallest absolute Gasteiger partial charge is 0.191 e. The molecule has 6 nitrogen and oxygen atoms in total. The van der Waals surface area contributed by atoms with Crippen LogP contribution in [0.3, 0.4) is 0 Å². The zero-order valence-corrected chi connectivity index (χ0v) is 19.2. The molecular formula is C20H36IN5O. The average Bonchev–Trinajstić information content (AvgIpc) is 2.67. The van der Waals surface area contributed by atoms with E-state index in [2.05, 4.69) is 53.5 Å². The molecule has 1 fully saturated rings. The van der Waals surface area contributed by atoms with Gasteiger partial charge in [-0.25, -0.2) is 0 Å². The van der Waals surface area contributed by atoms with Crippen LogP contribution in [-0.2, 0) is 0 Å². The van der Waals surface area contributed by atoms with E-state index in [0.717, 1.165) is 50.8 Å². The van der Waals surface area contributed by atoms with Crippen LogP contribution in [0.5, 0.6) is 0 Å². The highest BCUT2D eigenvalue weighted by molar-refractivity contribution is 14.0. The molecule has 0 saturated carbocycles. The lowest BCUT2D eigenvalue weighted by Crippen LogP contribution is -2.49. The fourth-order valence-corrected chi connectivity index (χ4v) is 3.18. The Morgan fingerprint density at radius 1 is 1.15 bits per heavy atom. The molecule has 1 aliphatic rings. The number of piperazine rings is 1. The van der Waals surface area contributed by atoms with Gasteiger partial charge in [-0.1, -0.05) is 30.3 Å². The van der Waals surface area contributed by atoms with Crippen molar-refractivity contribution in [3.05, 3.63) is 35.9 Å². The van der Waals surface area contributed by atoms with E-state index in [9.17, 15) is 5.11 Å². The lowest BCUT2D eigenvalue weighted by molar-refractivity contribution is 0.122. The number of hydrogen-bond donors (Lipinski definition) is 3. The van der Waals surface area contributed by atoms with E-state index >= 15 is 0 Å². The SMILES string of the molecule is CCNC(=NCC(C)N1CCN(C)CC1)NCC(CO)c1ccccc1.I. The second-order valence-electron chi connectivity index (χ2n) is 7.08. The number of benzene rings is 1. The van der Waals surface area contributed by atoms with Crippen molar-refractivity contribution in [3.8, 4) is 0 Å². The van der Waals surface area contributed by atoms with Crippen LogP contribution in [0.2, 0.25) is 0 Å². The van der Waals surface area contributed by atoms with Crippen LogP contribution in [0.4, 0.5) is 0 Å². The van der Waals surface area contributed by atoms with Crippen molar-refractivity contribution < 1.29 is 5.11 Å². The quantitative estimate of drug-likeness (QED) is 0.294. The van der Waals surface area contributed by atoms with Crippen LogP contribution in [0.15, 0.2) is 35.3 Å². The van der Waals surface area contributed by atoms with Crippen LogP contribution < -0.4 is 10.6 Å². The number of guanidine groups is 1. The largest absolute Gasteiger partial charge is 0.396 e. The third-order valence-electron chi connectivity index (χ3n) is 5.03. The van der Waals surface area contributed by atoms with Crippen molar-refractivity contribution in [3.63, 3.8) is 0 Å². The molecule has 0 aliphatic carbocycles. The monoisotopic (exact) mass is 489 g/mol. The number of nitrogens with zero attached hydrogens (tertiary/aromatic N) is 3. The number of likely N-dealkylation sites (N-methyl/N-ethyl adjacent to an activating group) is 1. The van der Waals surface area contributed by atoms with Crippen LogP contribution in [0.25, 0.3) is 0 Å². The predicted octanol–water partition coefficient (Wildman–Crippen LogP) is 1.57. The zero-order valence-electron chi connectivity index (χ0n) is 16.9. The lowest BCUT2D eigenvalue weighted by atomic mass is 10.0. The van der Waals surface area contributed by atoms with E-state index in [1.165, 1.54) is 0 Å². The second-order valence-corrected chi connectivity index (χ2v) is 7.08. The van der Waals surface area contributed by atoms with Crippen LogP contribution in [0.1, 0.15) is 25.3 Å². The highest BCUT2D eigenvalue weighted by Gasteiger charge is 2.19. The highest BCUT2D eigenvalue weighted by Crippen LogP contribution is 2.13. The number of halogens is 1. The molecule has 3 N–H and O–H groups in total. The third kappa shape index (κ3) is 8.33. The van der Waals surface area contributed by atoms with E-state index in [-0.39, 0.29) is 36.5 Å². The number of nitrogens with one attached hydrogen (secondary N) is 2. The maximum atomic E-state index is 9.72. The summed E-state index contributed by atoms with van der Waals surface area (Å²) in [6.07, 6.45) is 0. The first kappa shape index (κ1) is 24.1. The van der Waals surface area contributed by atoms with Gasteiger partial charge in [0.15, 0.2) is 5.96 Å². The molecule has 1 saturated heterocycles. The standard InChI is InChI=1S/C20H35N5O.HI/c1-4-21-20(22-14-17(2)25-12-10-24(3)11-13-25)23-15-19(16-26)18-8-6-5-7-9-18;/h5-9,17,19,26H,4,10-16H2,1-3H3,(H2,21,22,23);1H. The van der Waals surface area contributed by atoms with E-state index in [1.54, 1.807) is 0 Å². The second kappa shape index (κ2) is 13.3. The number of aliphatic hydroxyl groups is 1. The van der Waals surface area contributed by atoms with Crippen molar-refractivity contribution >= 4 is 29.9 Å². The van der Waals surface area contributed by atoms with Crippen molar-refractivity contribution in [1.29, 1.82) is 0 Å². The van der Waals surface area contributed by atoms with Gasteiger partial charge >= 0.3 is 0 Å². The third-order valence-corrected chi connectivity index (χ3v) is 5.03. The Morgan fingerprint density at radius 2 is 1.81 bits per heavy atom. The first-order chi connectivity index (χ1) is 12.6. The normalized spacial score (nSPS) is 18.4. The number of aliphatic imine (C=N–C) groups is 1. The zero-order chi connectivity index (χ0) is 18.8. The Hall–Kier alpha value is -0.900. The molecule has 1 aromatic rings. The van der Waals surface area contributed by atoms with E-state index < -0.39 is 0 Å². The molecule has 1 aromatic carbocycles. The van der Waals surface area contributed by atoms with E-state index in [4.69, 9.17) is 4.99 Å². The molecule has 2 atom stereocenters.